The maximum Gasteiger partial charge on any atom is 0.238 e. The van der Waals surface area contributed by atoms with Gasteiger partial charge in [-0.2, -0.15) is 0 Å². The predicted molar refractivity (Wildman–Crippen MR) is 109 cm³/mol. The molecule has 144 valence electrons. The fourth-order valence-corrected chi connectivity index (χ4v) is 2.73. The third-order valence-electron chi connectivity index (χ3n) is 4.10. The normalized spacial score (nSPS) is 10.6. The van der Waals surface area contributed by atoms with Crippen LogP contribution in [-0.4, -0.2) is 43.5 Å². The van der Waals surface area contributed by atoms with Gasteiger partial charge in [-0.15, -0.1) is 0 Å². The third kappa shape index (κ3) is 5.98. The number of nitrogens with zero attached hydrogens (tertiary/aromatic N) is 1. The topological polar surface area (TPSA) is 70.7 Å². The van der Waals surface area contributed by atoms with Crippen LogP contribution in [0.4, 0.5) is 11.4 Å². The number of halogens is 1. The molecule has 0 atom stereocenters. The van der Waals surface area contributed by atoms with Crippen molar-refractivity contribution in [2.75, 3.05) is 37.4 Å². The summed E-state index contributed by atoms with van der Waals surface area (Å²) in [6, 6.07) is 12.5. The number of amides is 2. The number of likely N-dealkylation sites (N-methyl/N-ethyl adjacent to an activating group) is 1. The van der Waals surface area contributed by atoms with Gasteiger partial charge < -0.3 is 15.4 Å². The lowest BCUT2D eigenvalue weighted by atomic mass is 10.2. The molecule has 0 aliphatic rings. The van der Waals surface area contributed by atoms with Crippen LogP contribution in [0.3, 0.4) is 0 Å². The summed E-state index contributed by atoms with van der Waals surface area (Å²) >= 11 is 6.08. The van der Waals surface area contributed by atoms with Crippen LogP contribution in [0.2, 0.25) is 5.02 Å². The van der Waals surface area contributed by atoms with Crippen LogP contribution in [0.1, 0.15) is 12.5 Å². The van der Waals surface area contributed by atoms with E-state index >= 15 is 0 Å². The van der Waals surface area contributed by atoms with Crippen LogP contribution in [0.25, 0.3) is 0 Å². The number of hydrogen-bond donors (Lipinski definition) is 2. The van der Waals surface area contributed by atoms with Crippen molar-refractivity contribution < 1.29 is 14.3 Å². The Bertz CT molecular complexity index is 811. The van der Waals surface area contributed by atoms with Gasteiger partial charge in [-0.3, -0.25) is 14.5 Å². The van der Waals surface area contributed by atoms with Crippen molar-refractivity contribution in [1.29, 1.82) is 0 Å². The molecule has 0 fully saturated rings. The van der Waals surface area contributed by atoms with Gasteiger partial charge in [-0.25, -0.2) is 0 Å². The number of ether oxygens (including phenoxy) is 1. The van der Waals surface area contributed by atoms with Crippen molar-refractivity contribution >= 4 is 34.8 Å². The van der Waals surface area contributed by atoms with Gasteiger partial charge in [-0.05, 0) is 43.3 Å². The first-order chi connectivity index (χ1) is 12.9. The molecule has 7 heteroatoms. The second-order valence-electron chi connectivity index (χ2n) is 6.01. The Hall–Kier alpha value is -2.57. The van der Waals surface area contributed by atoms with E-state index in [9.17, 15) is 9.59 Å². The van der Waals surface area contributed by atoms with Crippen LogP contribution in [0.15, 0.2) is 42.5 Å². The molecule has 2 aromatic rings. The van der Waals surface area contributed by atoms with Gasteiger partial charge in [0.05, 0.1) is 25.9 Å². The minimum atomic E-state index is -0.215. The molecule has 2 aromatic carbocycles. The summed E-state index contributed by atoms with van der Waals surface area (Å²) in [6.07, 6.45) is 0. The smallest absolute Gasteiger partial charge is 0.238 e. The molecular weight excluding hydrogens is 366 g/mol. The third-order valence-corrected chi connectivity index (χ3v) is 4.51. The predicted octanol–water partition coefficient (Wildman–Crippen LogP) is 3.56. The molecule has 0 bridgehead atoms. The second kappa shape index (κ2) is 9.94. The van der Waals surface area contributed by atoms with Crippen LogP contribution < -0.4 is 15.4 Å². The van der Waals surface area contributed by atoms with Gasteiger partial charge in [0.15, 0.2) is 0 Å². The number of nitrogens with one attached hydrogen (secondary N) is 2. The maximum absolute atomic E-state index is 12.3. The monoisotopic (exact) mass is 389 g/mol. The van der Waals surface area contributed by atoms with Gasteiger partial charge in [-0.1, -0.05) is 36.7 Å². The lowest BCUT2D eigenvalue weighted by Gasteiger charge is -2.20. The highest BCUT2D eigenvalue weighted by Crippen LogP contribution is 2.23. The summed E-state index contributed by atoms with van der Waals surface area (Å²) in [7, 11) is 1.55. The molecule has 2 amide bonds. The highest BCUT2D eigenvalue weighted by Gasteiger charge is 2.15. The van der Waals surface area contributed by atoms with E-state index in [0.29, 0.717) is 28.7 Å². The number of benzene rings is 2. The highest BCUT2D eigenvalue weighted by atomic mass is 35.5. The minimum Gasteiger partial charge on any atom is -0.495 e. The summed E-state index contributed by atoms with van der Waals surface area (Å²) in [4.78, 5) is 26.4. The zero-order valence-electron chi connectivity index (χ0n) is 15.7. The molecule has 6 nitrogen and oxygen atoms in total. The van der Waals surface area contributed by atoms with Gasteiger partial charge >= 0.3 is 0 Å². The molecule has 0 spiro atoms. The second-order valence-corrected chi connectivity index (χ2v) is 6.42. The Balaban J connectivity index is 1.93. The Labute approximate surface area is 164 Å². The molecule has 0 heterocycles. The first-order valence-corrected chi connectivity index (χ1v) is 9.02. The van der Waals surface area contributed by atoms with Crippen LogP contribution >= 0.6 is 11.6 Å². The van der Waals surface area contributed by atoms with E-state index in [1.807, 2.05) is 26.0 Å². The summed E-state index contributed by atoms with van der Waals surface area (Å²) in [5.74, 6) is 0.170. The van der Waals surface area contributed by atoms with E-state index in [2.05, 4.69) is 10.6 Å². The van der Waals surface area contributed by atoms with E-state index < -0.39 is 0 Å². The number of rotatable bonds is 8. The van der Waals surface area contributed by atoms with Crippen molar-refractivity contribution in [1.82, 2.24) is 4.90 Å². The molecule has 27 heavy (non-hydrogen) atoms. The van der Waals surface area contributed by atoms with Crippen molar-refractivity contribution in [3.63, 3.8) is 0 Å². The van der Waals surface area contributed by atoms with Gasteiger partial charge in [0, 0.05) is 10.7 Å². The zero-order chi connectivity index (χ0) is 19.8. The number of methoxy groups -OCH3 is 1. The Kier molecular flexibility index (Phi) is 7.64. The first-order valence-electron chi connectivity index (χ1n) is 8.64. The quantitative estimate of drug-likeness (QED) is 0.724. The molecule has 0 aromatic heterocycles. The maximum atomic E-state index is 12.3. The van der Waals surface area contributed by atoms with E-state index in [0.717, 1.165) is 5.56 Å². The van der Waals surface area contributed by atoms with E-state index in [-0.39, 0.29) is 24.9 Å². The molecule has 0 radical (unpaired) electrons. The summed E-state index contributed by atoms with van der Waals surface area (Å²) < 4.78 is 5.23. The number of carbonyl (C=O) groups is 2. The molecular formula is C20H24ClN3O3. The lowest BCUT2D eigenvalue weighted by molar-refractivity contribution is -0.119. The van der Waals surface area contributed by atoms with Gasteiger partial charge in [0.2, 0.25) is 11.8 Å². The SMILES string of the molecule is CCN(CC(=O)Nc1ccccc1OC)CC(=O)Nc1cccc(Cl)c1C. The van der Waals surface area contributed by atoms with Crippen molar-refractivity contribution in [3.05, 3.63) is 53.1 Å². The lowest BCUT2D eigenvalue weighted by Crippen LogP contribution is -2.38. The minimum absolute atomic E-state index is 0.0937. The molecule has 2 rings (SSSR count). The summed E-state index contributed by atoms with van der Waals surface area (Å²) in [5.41, 5.74) is 2.08. The highest BCUT2D eigenvalue weighted by molar-refractivity contribution is 6.31. The molecule has 0 saturated heterocycles. The Morgan fingerprint density at radius 3 is 2.22 bits per heavy atom. The number of hydrogen-bond acceptors (Lipinski definition) is 4. The van der Waals surface area contributed by atoms with Crippen LogP contribution in [-0.2, 0) is 9.59 Å². The van der Waals surface area contributed by atoms with E-state index in [1.54, 1.807) is 42.3 Å². The van der Waals surface area contributed by atoms with E-state index in [4.69, 9.17) is 16.3 Å². The number of carbonyl (C=O) groups excluding carboxylic acids is 2. The summed E-state index contributed by atoms with van der Waals surface area (Å²) in [6.45, 7) is 4.49. The Morgan fingerprint density at radius 1 is 1.00 bits per heavy atom. The Morgan fingerprint density at radius 2 is 1.59 bits per heavy atom. The number of anilines is 2. The number of para-hydroxylation sites is 2. The average molecular weight is 390 g/mol. The molecule has 0 unspecified atom stereocenters. The molecule has 0 aliphatic carbocycles. The van der Waals surface area contributed by atoms with Crippen molar-refractivity contribution in [3.8, 4) is 5.75 Å². The van der Waals surface area contributed by atoms with Gasteiger partial charge in [0.1, 0.15) is 5.75 Å². The summed E-state index contributed by atoms with van der Waals surface area (Å²) in [5, 5.41) is 6.25. The van der Waals surface area contributed by atoms with Crippen molar-refractivity contribution in [2.24, 2.45) is 0 Å². The standard InChI is InChI=1S/C20H24ClN3O3/c1-4-24(12-19(25)22-16-10-7-8-15(21)14(16)2)13-20(26)23-17-9-5-6-11-18(17)27-3/h5-11H,4,12-13H2,1-3H3,(H,22,25)(H,23,26). The zero-order valence-corrected chi connectivity index (χ0v) is 16.5. The van der Waals surface area contributed by atoms with Crippen LogP contribution in [0.5, 0.6) is 5.75 Å². The van der Waals surface area contributed by atoms with Crippen LogP contribution in [0, 0.1) is 6.92 Å². The van der Waals surface area contributed by atoms with E-state index in [1.165, 1.54) is 0 Å². The average Bonchev–Trinajstić information content (AvgIpc) is 2.65. The molecule has 0 aliphatic heterocycles. The van der Waals surface area contributed by atoms with Gasteiger partial charge in [0.25, 0.3) is 0 Å². The first kappa shape index (κ1) is 20.7. The van der Waals surface area contributed by atoms with Crippen molar-refractivity contribution in [2.45, 2.75) is 13.8 Å². The fourth-order valence-electron chi connectivity index (χ4n) is 2.56. The molecule has 0 saturated carbocycles. The largest absolute Gasteiger partial charge is 0.495 e. The fraction of sp³-hybridized carbons (Fsp3) is 0.300. The molecule has 2 N–H and O–H groups in total.